The Balaban J connectivity index is 1.90. The molecular formula is C18H21NO. The van der Waals surface area contributed by atoms with Gasteiger partial charge in [0.25, 0.3) is 0 Å². The van der Waals surface area contributed by atoms with Gasteiger partial charge in [-0.05, 0) is 61.1 Å². The van der Waals surface area contributed by atoms with E-state index >= 15 is 0 Å². The Kier molecular flexibility index (Phi) is 3.64. The zero-order chi connectivity index (χ0) is 13.9. The summed E-state index contributed by atoms with van der Waals surface area (Å²) in [5.74, 6) is 0.328. The maximum Gasteiger partial charge on any atom is 0.115 e. The molecule has 0 saturated heterocycles. The number of anilines is 1. The van der Waals surface area contributed by atoms with Crippen molar-refractivity contribution in [2.45, 2.75) is 38.6 Å². The smallest absolute Gasteiger partial charge is 0.115 e. The summed E-state index contributed by atoms with van der Waals surface area (Å²) in [5.41, 5.74) is 5.10. The van der Waals surface area contributed by atoms with Gasteiger partial charge in [-0.3, -0.25) is 0 Å². The standard InChI is InChI=1S/C18H21NO/c1-13-12-15(20)10-11-17(13)19-18-9-5-3-7-14-6-2-4-8-16(14)18/h2,4,6,8,10-12,18-20H,3,5,7,9H2,1H3. The van der Waals surface area contributed by atoms with E-state index < -0.39 is 0 Å². The molecule has 0 aromatic heterocycles. The first-order valence-electron chi connectivity index (χ1n) is 7.38. The number of rotatable bonds is 2. The van der Waals surface area contributed by atoms with Crippen LogP contribution in [0.5, 0.6) is 5.75 Å². The van der Waals surface area contributed by atoms with Gasteiger partial charge in [-0.1, -0.05) is 30.7 Å². The van der Waals surface area contributed by atoms with Crippen molar-refractivity contribution in [2.75, 3.05) is 5.32 Å². The maximum absolute atomic E-state index is 9.52. The molecule has 2 N–H and O–H groups in total. The van der Waals surface area contributed by atoms with E-state index in [0.29, 0.717) is 11.8 Å². The molecule has 3 rings (SSSR count). The highest BCUT2D eigenvalue weighted by Crippen LogP contribution is 2.32. The molecule has 2 aromatic rings. The molecule has 20 heavy (non-hydrogen) atoms. The molecule has 1 aliphatic rings. The van der Waals surface area contributed by atoms with E-state index in [4.69, 9.17) is 0 Å². The molecule has 0 aliphatic heterocycles. The summed E-state index contributed by atoms with van der Waals surface area (Å²) < 4.78 is 0. The van der Waals surface area contributed by atoms with Crippen LogP contribution >= 0.6 is 0 Å². The van der Waals surface area contributed by atoms with E-state index in [1.165, 1.54) is 30.4 Å². The summed E-state index contributed by atoms with van der Waals surface area (Å²) in [6, 6.07) is 14.7. The number of aromatic hydroxyl groups is 1. The average molecular weight is 267 g/mol. The first kappa shape index (κ1) is 13.0. The minimum Gasteiger partial charge on any atom is -0.508 e. The molecular weight excluding hydrogens is 246 g/mol. The molecule has 1 aliphatic carbocycles. The topological polar surface area (TPSA) is 32.3 Å². The summed E-state index contributed by atoms with van der Waals surface area (Å²) >= 11 is 0. The number of hydrogen-bond acceptors (Lipinski definition) is 2. The van der Waals surface area contributed by atoms with Crippen LogP contribution in [0.3, 0.4) is 0 Å². The Morgan fingerprint density at radius 1 is 1.10 bits per heavy atom. The largest absolute Gasteiger partial charge is 0.508 e. The lowest BCUT2D eigenvalue weighted by molar-refractivity contribution is 0.475. The lowest BCUT2D eigenvalue weighted by Gasteiger charge is -2.22. The van der Waals surface area contributed by atoms with E-state index in [0.717, 1.165) is 17.7 Å². The van der Waals surface area contributed by atoms with Gasteiger partial charge in [0.1, 0.15) is 5.75 Å². The molecule has 0 radical (unpaired) electrons. The number of phenolic OH excluding ortho intramolecular Hbond substituents is 1. The molecule has 104 valence electrons. The van der Waals surface area contributed by atoms with Crippen molar-refractivity contribution in [3.8, 4) is 5.75 Å². The summed E-state index contributed by atoms with van der Waals surface area (Å²) in [7, 11) is 0. The molecule has 2 aromatic carbocycles. The van der Waals surface area contributed by atoms with Crippen LogP contribution in [0.1, 0.15) is 42.0 Å². The van der Waals surface area contributed by atoms with Gasteiger partial charge >= 0.3 is 0 Å². The van der Waals surface area contributed by atoms with Gasteiger partial charge in [0.2, 0.25) is 0 Å². The maximum atomic E-state index is 9.52. The minimum atomic E-state index is 0.328. The quantitative estimate of drug-likeness (QED) is 0.616. The van der Waals surface area contributed by atoms with Crippen molar-refractivity contribution in [3.05, 3.63) is 59.2 Å². The summed E-state index contributed by atoms with van der Waals surface area (Å²) in [4.78, 5) is 0. The SMILES string of the molecule is Cc1cc(O)ccc1NC1CCCCc2ccccc21. The lowest BCUT2D eigenvalue weighted by atomic mass is 9.98. The van der Waals surface area contributed by atoms with Crippen molar-refractivity contribution in [1.82, 2.24) is 0 Å². The highest BCUT2D eigenvalue weighted by molar-refractivity contribution is 5.55. The molecule has 2 heteroatoms. The van der Waals surface area contributed by atoms with Crippen LogP contribution in [0.25, 0.3) is 0 Å². The van der Waals surface area contributed by atoms with E-state index in [1.54, 1.807) is 6.07 Å². The van der Waals surface area contributed by atoms with E-state index in [-0.39, 0.29) is 0 Å². The van der Waals surface area contributed by atoms with E-state index in [9.17, 15) is 5.11 Å². The first-order valence-corrected chi connectivity index (χ1v) is 7.38. The molecule has 0 amide bonds. The van der Waals surface area contributed by atoms with E-state index in [2.05, 4.69) is 29.6 Å². The van der Waals surface area contributed by atoms with Crippen molar-refractivity contribution in [1.29, 1.82) is 0 Å². The predicted octanol–water partition coefficient (Wildman–Crippen LogP) is 4.58. The van der Waals surface area contributed by atoms with Gasteiger partial charge < -0.3 is 10.4 Å². The number of aryl methyl sites for hydroxylation is 2. The number of phenols is 1. The first-order chi connectivity index (χ1) is 9.74. The van der Waals surface area contributed by atoms with Gasteiger partial charge in [0, 0.05) is 5.69 Å². The Labute approximate surface area is 120 Å². The van der Waals surface area contributed by atoms with Crippen molar-refractivity contribution in [2.24, 2.45) is 0 Å². The lowest BCUT2D eigenvalue weighted by Crippen LogP contribution is -2.12. The molecule has 1 atom stereocenters. The van der Waals surface area contributed by atoms with Crippen molar-refractivity contribution >= 4 is 5.69 Å². The molecule has 0 spiro atoms. The van der Waals surface area contributed by atoms with Crippen molar-refractivity contribution < 1.29 is 5.11 Å². The van der Waals surface area contributed by atoms with Gasteiger partial charge in [0.15, 0.2) is 0 Å². The van der Waals surface area contributed by atoms with Crippen LogP contribution in [0.4, 0.5) is 5.69 Å². The van der Waals surface area contributed by atoms with Crippen LogP contribution in [-0.2, 0) is 6.42 Å². The molecule has 0 fully saturated rings. The van der Waals surface area contributed by atoms with Crippen LogP contribution in [0.2, 0.25) is 0 Å². The Hall–Kier alpha value is -1.96. The Bertz CT molecular complexity index is 606. The Morgan fingerprint density at radius 3 is 2.80 bits per heavy atom. The predicted molar refractivity (Wildman–Crippen MR) is 83.2 cm³/mol. The van der Waals surface area contributed by atoms with E-state index in [1.807, 2.05) is 19.1 Å². The monoisotopic (exact) mass is 267 g/mol. The summed E-state index contributed by atoms with van der Waals surface area (Å²) in [6.45, 7) is 2.03. The van der Waals surface area contributed by atoms with Gasteiger partial charge in [-0.2, -0.15) is 0 Å². The third kappa shape index (κ3) is 2.64. The molecule has 0 heterocycles. The second-order valence-corrected chi connectivity index (χ2v) is 5.64. The van der Waals surface area contributed by atoms with Crippen molar-refractivity contribution in [3.63, 3.8) is 0 Å². The second-order valence-electron chi connectivity index (χ2n) is 5.64. The number of nitrogens with one attached hydrogen (secondary N) is 1. The van der Waals surface area contributed by atoms with Crippen LogP contribution in [0, 0.1) is 6.92 Å². The fourth-order valence-electron chi connectivity index (χ4n) is 3.07. The fraction of sp³-hybridized carbons (Fsp3) is 0.333. The number of fused-ring (bicyclic) bond motifs is 1. The minimum absolute atomic E-state index is 0.328. The van der Waals surface area contributed by atoms with Gasteiger partial charge in [-0.15, -0.1) is 0 Å². The third-order valence-corrected chi connectivity index (χ3v) is 4.16. The average Bonchev–Trinajstić information content (AvgIpc) is 2.65. The summed E-state index contributed by atoms with van der Waals surface area (Å²) in [6.07, 6.45) is 4.87. The van der Waals surface area contributed by atoms with Gasteiger partial charge in [0.05, 0.1) is 6.04 Å². The number of hydrogen-bond donors (Lipinski definition) is 2. The zero-order valence-electron chi connectivity index (χ0n) is 11.9. The highest BCUT2D eigenvalue weighted by atomic mass is 16.3. The molecule has 0 saturated carbocycles. The Morgan fingerprint density at radius 2 is 1.95 bits per heavy atom. The van der Waals surface area contributed by atoms with Gasteiger partial charge in [-0.25, -0.2) is 0 Å². The third-order valence-electron chi connectivity index (χ3n) is 4.16. The van der Waals surface area contributed by atoms with Crippen LogP contribution < -0.4 is 5.32 Å². The van der Waals surface area contributed by atoms with Crippen LogP contribution in [-0.4, -0.2) is 5.11 Å². The zero-order valence-corrected chi connectivity index (χ0v) is 11.9. The summed E-state index contributed by atoms with van der Waals surface area (Å²) in [5, 5.41) is 13.2. The fourth-order valence-corrected chi connectivity index (χ4v) is 3.07. The second kappa shape index (κ2) is 5.58. The van der Waals surface area contributed by atoms with Crippen LogP contribution in [0.15, 0.2) is 42.5 Å². The molecule has 1 unspecified atom stereocenters. The highest BCUT2D eigenvalue weighted by Gasteiger charge is 2.18. The normalized spacial score (nSPS) is 18.1. The number of benzene rings is 2. The molecule has 2 nitrogen and oxygen atoms in total. The molecule has 0 bridgehead atoms.